The van der Waals surface area contributed by atoms with Gasteiger partial charge in [-0.05, 0) is 24.6 Å². The van der Waals surface area contributed by atoms with Crippen LogP contribution in [0.25, 0.3) is 10.9 Å². The Morgan fingerprint density at radius 3 is 3.05 bits per heavy atom. The maximum Gasteiger partial charge on any atom is 0.227 e. The summed E-state index contributed by atoms with van der Waals surface area (Å²) in [7, 11) is 1.62. The van der Waals surface area contributed by atoms with Gasteiger partial charge in [-0.1, -0.05) is 6.07 Å². The van der Waals surface area contributed by atoms with Crippen LogP contribution in [-0.4, -0.2) is 31.1 Å². The van der Waals surface area contributed by atoms with Crippen molar-refractivity contribution in [2.24, 2.45) is 11.7 Å². The number of fused-ring (bicyclic) bond motifs is 1. The number of amides is 1. The van der Waals surface area contributed by atoms with E-state index in [0.717, 1.165) is 22.3 Å². The van der Waals surface area contributed by atoms with Gasteiger partial charge in [-0.3, -0.25) is 9.78 Å². The first-order valence-electron chi connectivity index (χ1n) is 6.66. The fraction of sp³-hybridized carbons (Fsp3) is 0.333. The highest BCUT2D eigenvalue weighted by Crippen LogP contribution is 2.33. The number of rotatable bonds is 3. The Balaban J connectivity index is 2.12. The number of methoxy groups -OCH3 is 1. The zero-order valence-electron chi connectivity index (χ0n) is 11.4. The van der Waals surface area contributed by atoms with Crippen LogP contribution in [0.2, 0.25) is 0 Å². The number of carbonyl (C=O) groups excluding carboxylic acids is 1. The molecule has 1 saturated heterocycles. The van der Waals surface area contributed by atoms with Crippen LogP contribution in [-0.2, 0) is 4.79 Å². The Kier molecular flexibility index (Phi) is 3.28. The Morgan fingerprint density at radius 1 is 1.50 bits per heavy atom. The van der Waals surface area contributed by atoms with Crippen LogP contribution in [0.5, 0.6) is 5.75 Å². The van der Waals surface area contributed by atoms with Crippen molar-refractivity contribution in [2.75, 3.05) is 25.1 Å². The molecular weight excluding hydrogens is 254 g/mol. The second-order valence-electron chi connectivity index (χ2n) is 5.03. The number of nitrogens with two attached hydrogens (primary N) is 1. The number of hydrogen-bond acceptors (Lipinski definition) is 4. The van der Waals surface area contributed by atoms with Crippen molar-refractivity contribution in [2.45, 2.75) is 6.42 Å². The van der Waals surface area contributed by atoms with Crippen molar-refractivity contribution in [1.29, 1.82) is 0 Å². The molecule has 0 radical (unpaired) electrons. The number of carbonyl (C=O) groups is 1. The summed E-state index contributed by atoms with van der Waals surface area (Å²) in [6, 6.07) is 7.63. The molecule has 0 saturated carbocycles. The summed E-state index contributed by atoms with van der Waals surface area (Å²) in [4.78, 5) is 18.4. The third-order valence-corrected chi connectivity index (χ3v) is 3.72. The second kappa shape index (κ2) is 5.09. The van der Waals surface area contributed by atoms with Gasteiger partial charge in [0.1, 0.15) is 5.75 Å². The molecule has 0 bridgehead atoms. The lowest BCUT2D eigenvalue weighted by atomic mass is 10.1. The monoisotopic (exact) mass is 271 g/mol. The highest BCUT2D eigenvalue weighted by molar-refractivity contribution is 6.04. The minimum Gasteiger partial charge on any atom is -0.497 e. The first kappa shape index (κ1) is 12.9. The maximum absolute atomic E-state index is 12.2. The first-order valence-corrected chi connectivity index (χ1v) is 6.66. The Hall–Kier alpha value is -2.14. The van der Waals surface area contributed by atoms with Crippen molar-refractivity contribution < 1.29 is 9.53 Å². The minimum absolute atomic E-state index is 0.0978. The lowest BCUT2D eigenvalue weighted by Gasteiger charge is -2.19. The smallest absolute Gasteiger partial charge is 0.227 e. The lowest BCUT2D eigenvalue weighted by molar-refractivity contribution is -0.117. The number of hydrogen-bond donors (Lipinski definition) is 1. The van der Waals surface area contributed by atoms with Gasteiger partial charge in [0.25, 0.3) is 0 Å². The van der Waals surface area contributed by atoms with E-state index in [2.05, 4.69) is 4.98 Å². The second-order valence-corrected chi connectivity index (χ2v) is 5.03. The summed E-state index contributed by atoms with van der Waals surface area (Å²) in [5.41, 5.74) is 7.31. The third-order valence-electron chi connectivity index (χ3n) is 3.72. The quantitative estimate of drug-likeness (QED) is 0.919. The van der Waals surface area contributed by atoms with Gasteiger partial charge in [0, 0.05) is 30.6 Å². The molecule has 20 heavy (non-hydrogen) atoms. The van der Waals surface area contributed by atoms with Gasteiger partial charge in [-0.15, -0.1) is 0 Å². The van der Waals surface area contributed by atoms with Gasteiger partial charge >= 0.3 is 0 Å². The molecule has 104 valence electrons. The lowest BCUT2D eigenvalue weighted by Crippen LogP contribution is -2.26. The van der Waals surface area contributed by atoms with Crippen LogP contribution in [0.15, 0.2) is 30.5 Å². The molecule has 1 fully saturated rings. The van der Waals surface area contributed by atoms with Crippen molar-refractivity contribution in [3.63, 3.8) is 0 Å². The van der Waals surface area contributed by atoms with Crippen molar-refractivity contribution in [3.05, 3.63) is 30.5 Å². The molecule has 5 nitrogen and oxygen atoms in total. The molecule has 2 aromatic rings. The number of benzene rings is 1. The molecular formula is C15H17N3O2. The minimum atomic E-state index is 0.0978. The van der Waals surface area contributed by atoms with Gasteiger partial charge in [0.2, 0.25) is 5.91 Å². The number of pyridine rings is 1. The van der Waals surface area contributed by atoms with E-state index in [0.29, 0.717) is 19.5 Å². The summed E-state index contributed by atoms with van der Waals surface area (Å²) < 4.78 is 5.32. The highest BCUT2D eigenvalue weighted by Gasteiger charge is 2.31. The Labute approximate surface area is 117 Å². The first-order chi connectivity index (χ1) is 9.72. The van der Waals surface area contributed by atoms with E-state index in [9.17, 15) is 4.79 Å². The van der Waals surface area contributed by atoms with Gasteiger partial charge in [-0.2, -0.15) is 0 Å². The molecule has 1 aliphatic rings. The van der Waals surface area contributed by atoms with E-state index < -0.39 is 0 Å². The molecule has 1 unspecified atom stereocenters. The third kappa shape index (κ3) is 2.10. The zero-order valence-corrected chi connectivity index (χ0v) is 11.4. The van der Waals surface area contributed by atoms with Crippen molar-refractivity contribution in [3.8, 4) is 5.75 Å². The molecule has 5 heteroatoms. The molecule has 1 atom stereocenters. The zero-order chi connectivity index (χ0) is 14.1. The molecule has 3 rings (SSSR count). The van der Waals surface area contributed by atoms with E-state index in [1.54, 1.807) is 18.2 Å². The Morgan fingerprint density at radius 2 is 2.35 bits per heavy atom. The van der Waals surface area contributed by atoms with Crippen LogP contribution >= 0.6 is 0 Å². The molecule has 1 aliphatic heterocycles. The molecule has 1 amide bonds. The maximum atomic E-state index is 12.2. The molecule has 1 aromatic heterocycles. The number of anilines is 1. The highest BCUT2D eigenvalue weighted by atomic mass is 16.5. The van der Waals surface area contributed by atoms with Crippen LogP contribution in [0.1, 0.15) is 6.42 Å². The largest absolute Gasteiger partial charge is 0.497 e. The van der Waals surface area contributed by atoms with E-state index in [1.807, 2.05) is 24.3 Å². The van der Waals surface area contributed by atoms with Crippen LogP contribution in [0, 0.1) is 5.92 Å². The molecule has 2 heterocycles. The van der Waals surface area contributed by atoms with Crippen molar-refractivity contribution >= 4 is 22.5 Å². The van der Waals surface area contributed by atoms with Gasteiger partial charge in [0.15, 0.2) is 0 Å². The van der Waals surface area contributed by atoms with Crippen LogP contribution in [0.4, 0.5) is 5.69 Å². The van der Waals surface area contributed by atoms with Gasteiger partial charge in [0.05, 0.1) is 18.3 Å². The summed E-state index contributed by atoms with van der Waals surface area (Å²) in [6.07, 6.45) is 2.24. The molecule has 2 N–H and O–H groups in total. The summed E-state index contributed by atoms with van der Waals surface area (Å²) in [5, 5.41) is 0.964. The molecule has 0 spiro atoms. The van der Waals surface area contributed by atoms with E-state index in [4.69, 9.17) is 10.5 Å². The summed E-state index contributed by atoms with van der Waals surface area (Å²) in [6.45, 7) is 1.17. The Bertz CT molecular complexity index is 657. The summed E-state index contributed by atoms with van der Waals surface area (Å²) >= 11 is 0. The average Bonchev–Trinajstić information content (AvgIpc) is 2.87. The molecule has 1 aromatic carbocycles. The van der Waals surface area contributed by atoms with E-state index in [-0.39, 0.29) is 11.8 Å². The van der Waals surface area contributed by atoms with Crippen LogP contribution < -0.4 is 15.4 Å². The van der Waals surface area contributed by atoms with E-state index in [1.165, 1.54) is 0 Å². The standard InChI is InChI=1S/C15H17N3O2/c1-20-12-6-11-3-2-4-17-15(11)13(7-12)18-9-10(8-16)5-14(18)19/h2-4,6-7,10H,5,8-9,16H2,1H3. The number of aromatic nitrogens is 1. The normalized spacial score (nSPS) is 18.8. The van der Waals surface area contributed by atoms with Crippen LogP contribution in [0.3, 0.4) is 0 Å². The fourth-order valence-corrected chi connectivity index (χ4v) is 2.64. The predicted octanol–water partition coefficient (Wildman–Crippen LogP) is 1.55. The van der Waals surface area contributed by atoms with Gasteiger partial charge in [-0.25, -0.2) is 0 Å². The molecule has 0 aliphatic carbocycles. The van der Waals surface area contributed by atoms with Crippen molar-refractivity contribution in [1.82, 2.24) is 4.98 Å². The summed E-state index contributed by atoms with van der Waals surface area (Å²) in [5.74, 6) is 1.04. The topological polar surface area (TPSA) is 68.5 Å². The number of nitrogens with zero attached hydrogens (tertiary/aromatic N) is 2. The fourth-order valence-electron chi connectivity index (χ4n) is 2.64. The van der Waals surface area contributed by atoms with Gasteiger partial charge < -0.3 is 15.4 Å². The predicted molar refractivity (Wildman–Crippen MR) is 77.8 cm³/mol. The average molecular weight is 271 g/mol. The van der Waals surface area contributed by atoms with E-state index >= 15 is 0 Å². The SMILES string of the molecule is COc1cc(N2CC(CN)CC2=O)c2ncccc2c1. The number of ether oxygens (including phenoxy) is 1.